The van der Waals surface area contributed by atoms with Crippen LogP contribution in [0, 0.1) is 6.92 Å². The maximum absolute atomic E-state index is 11.3. The molecule has 0 atom stereocenters. The molecule has 0 unspecified atom stereocenters. The van der Waals surface area contributed by atoms with Crippen LogP contribution in [0.25, 0.3) is 5.70 Å². The summed E-state index contributed by atoms with van der Waals surface area (Å²) in [6.07, 6.45) is 4.29. The first-order chi connectivity index (χ1) is 10.6. The zero-order valence-electron chi connectivity index (χ0n) is 12.1. The van der Waals surface area contributed by atoms with Crippen LogP contribution in [0.5, 0.6) is 0 Å². The number of rotatable bonds is 5. The molecule has 1 aliphatic rings. The van der Waals surface area contributed by atoms with Gasteiger partial charge in [0.15, 0.2) is 17.9 Å². The highest BCUT2D eigenvalue weighted by Gasteiger charge is 2.21. The SMILES string of the molecule is Cc1c(N)nc(NNC(=C2CC2)c2ccco2)c(C=O)c1N. The van der Waals surface area contributed by atoms with Gasteiger partial charge in [-0.15, -0.1) is 0 Å². The number of nitrogens with one attached hydrogen (secondary N) is 2. The molecule has 1 aliphatic carbocycles. The van der Waals surface area contributed by atoms with Crippen molar-refractivity contribution in [1.82, 2.24) is 10.4 Å². The van der Waals surface area contributed by atoms with Crippen molar-refractivity contribution in [3.05, 3.63) is 40.9 Å². The molecule has 3 rings (SSSR count). The molecule has 7 nitrogen and oxygen atoms in total. The number of carbonyl (C=O) groups is 1. The smallest absolute Gasteiger partial charge is 0.159 e. The first-order valence-corrected chi connectivity index (χ1v) is 6.90. The zero-order chi connectivity index (χ0) is 15.7. The van der Waals surface area contributed by atoms with Gasteiger partial charge < -0.3 is 15.9 Å². The van der Waals surface area contributed by atoms with E-state index in [-0.39, 0.29) is 11.4 Å². The second kappa shape index (κ2) is 5.44. The fraction of sp³-hybridized carbons (Fsp3) is 0.200. The number of nitrogens with zero attached hydrogens (tertiary/aromatic N) is 1. The number of hydrazine groups is 1. The van der Waals surface area contributed by atoms with Gasteiger partial charge in [-0.2, -0.15) is 0 Å². The highest BCUT2D eigenvalue weighted by atomic mass is 16.3. The molecule has 1 fully saturated rings. The van der Waals surface area contributed by atoms with Crippen LogP contribution in [-0.4, -0.2) is 11.3 Å². The molecule has 2 aromatic heterocycles. The predicted molar refractivity (Wildman–Crippen MR) is 84.8 cm³/mol. The fourth-order valence-electron chi connectivity index (χ4n) is 2.13. The molecular formula is C15H17N5O2. The summed E-state index contributed by atoms with van der Waals surface area (Å²) in [6.45, 7) is 1.72. The lowest BCUT2D eigenvalue weighted by Gasteiger charge is -2.15. The number of anilines is 3. The summed E-state index contributed by atoms with van der Waals surface area (Å²) in [6, 6.07) is 3.68. The summed E-state index contributed by atoms with van der Waals surface area (Å²) in [5.74, 6) is 1.30. The van der Waals surface area contributed by atoms with Crippen molar-refractivity contribution in [3.8, 4) is 0 Å². The summed E-state index contributed by atoms with van der Waals surface area (Å²) >= 11 is 0. The zero-order valence-corrected chi connectivity index (χ0v) is 12.1. The van der Waals surface area contributed by atoms with Gasteiger partial charge in [0.1, 0.15) is 5.82 Å². The quantitative estimate of drug-likeness (QED) is 0.493. The van der Waals surface area contributed by atoms with Gasteiger partial charge in [0, 0.05) is 5.56 Å². The maximum Gasteiger partial charge on any atom is 0.159 e. The largest absolute Gasteiger partial charge is 0.463 e. The number of aldehydes is 1. The van der Waals surface area contributed by atoms with Crippen molar-refractivity contribution in [1.29, 1.82) is 0 Å². The summed E-state index contributed by atoms with van der Waals surface area (Å²) in [7, 11) is 0. The van der Waals surface area contributed by atoms with Crippen LogP contribution in [-0.2, 0) is 0 Å². The Kier molecular flexibility index (Phi) is 3.46. The van der Waals surface area contributed by atoms with Crippen LogP contribution in [0.1, 0.15) is 34.5 Å². The highest BCUT2D eigenvalue weighted by Crippen LogP contribution is 2.35. The van der Waals surface area contributed by atoms with Crippen molar-refractivity contribution < 1.29 is 9.21 Å². The Hall–Kier alpha value is -2.96. The molecule has 0 aromatic carbocycles. The van der Waals surface area contributed by atoms with E-state index in [9.17, 15) is 4.79 Å². The van der Waals surface area contributed by atoms with Crippen molar-refractivity contribution in [3.63, 3.8) is 0 Å². The van der Waals surface area contributed by atoms with Crippen molar-refractivity contribution in [2.75, 3.05) is 16.9 Å². The van der Waals surface area contributed by atoms with Crippen LogP contribution in [0.4, 0.5) is 17.3 Å². The van der Waals surface area contributed by atoms with Crippen LogP contribution >= 0.6 is 0 Å². The molecule has 22 heavy (non-hydrogen) atoms. The molecule has 7 heteroatoms. The molecule has 0 aliphatic heterocycles. The second-order valence-electron chi connectivity index (χ2n) is 5.12. The van der Waals surface area contributed by atoms with Gasteiger partial charge in [-0.3, -0.25) is 15.6 Å². The van der Waals surface area contributed by atoms with E-state index in [1.54, 1.807) is 13.2 Å². The normalized spacial score (nSPS) is 12.9. The van der Waals surface area contributed by atoms with E-state index in [1.165, 1.54) is 5.57 Å². The lowest BCUT2D eigenvalue weighted by Crippen LogP contribution is -2.23. The standard InChI is InChI=1S/C15H17N5O2/c1-8-12(16)10(7-21)15(18-14(8)17)20-19-13(9-4-5-9)11-3-2-6-22-11/h2-3,6-7,19H,4-5H2,1H3,(H5,16,17,18,20). The van der Waals surface area contributed by atoms with Crippen LogP contribution in [0.3, 0.4) is 0 Å². The minimum atomic E-state index is 0.277. The van der Waals surface area contributed by atoms with Crippen molar-refractivity contribution in [2.24, 2.45) is 0 Å². The Morgan fingerprint density at radius 3 is 2.77 bits per heavy atom. The number of allylic oxidation sites excluding steroid dienone is 1. The van der Waals surface area contributed by atoms with Crippen molar-refractivity contribution in [2.45, 2.75) is 19.8 Å². The first-order valence-electron chi connectivity index (χ1n) is 6.90. The number of hydrogen-bond donors (Lipinski definition) is 4. The molecule has 0 spiro atoms. The van der Waals surface area contributed by atoms with Crippen LogP contribution in [0.15, 0.2) is 28.4 Å². The molecule has 0 bridgehead atoms. The topological polar surface area (TPSA) is 119 Å². The number of aromatic nitrogens is 1. The number of carbonyl (C=O) groups excluding carboxylic acids is 1. The van der Waals surface area contributed by atoms with E-state index in [0.717, 1.165) is 24.3 Å². The number of furan rings is 1. The predicted octanol–water partition coefficient (Wildman–Crippen LogP) is 2.08. The lowest BCUT2D eigenvalue weighted by atomic mass is 10.1. The van der Waals surface area contributed by atoms with E-state index in [2.05, 4.69) is 15.8 Å². The Morgan fingerprint density at radius 2 is 2.18 bits per heavy atom. The monoisotopic (exact) mass is 299 g/mol. The van der Waals surface area contributed by atoms with Gasteiger partial charge in [0.25, 0.3) is 0 Å². The molecule has 2 aromatic rings. The van der Waals surface area contributed by atoms with Gasteiger partial charge in [-0.05, 0) is 37.5 Å². The van der Waals surface area contributed by atoms with Gasteiger partial charge in [-0.25, -0.2) is 4.98 Å². The van der Waals surface area contributed by atoms with Crippen molar-refractivity contribution >= 4 is 29.3 Å². The number of pyridine rings is 1. The second-order valence-corrected chi connectivity index (χ2v) is 5.12. The average Bonchev–Trinajstić information content (AvgIpc) is 3.20. The van der Waals surface area contributed by atoms with Crippen LogP contribution < -0.4 is 22.3 Å². The summed E-state index contributed by atoms with van der Waals surface area (Å²) < 4.78 is 5.41. The average molecular weight is 299 g/mol. The third-order valence-electron chi connectivity index (χ3n) is 3.61. The highest BCUT2D eigenvalue weighted by molar-refractivity contribution is 5.92. The van der Waals surface area contributed by atoms with E-state index in [0.29, 0.717) is 23.4 Å². The van der Waals surface area contributed by atoms with Gasteiger partial charge >= 0.3 is 0 Å². The number of nitrogen functional groups attached to an aromatic ring is 2. The summed E-state index contributed by atoms with van der Waals surface area (Å²) in [5, 5.41) is 0. The lowest BCUT2D eigenvalue weighted by molar-refractivity contribution is 0.112. The van der Waals surface area contributed by atoms with E-state index >= 15 is 0 Å². The first kappa shape index (κ1) is 14.0. The Bertz CT molecular complexity index is 744. The Balaban J connectivity index is 1.88. The maximum atomic E-state index is 11.3. The molecule has 1 saturated carbocycles. The summed E-state index contributed by atoms with van der Waals surface area (Å²) in [5.41, 5.74) is 21.0. The van der Waals surface area contributed by atoms with Crippen LogP contribution in [0.2, 0.25) is 0 Å². The fourth-order valence-corrected chi connectivity index (χ4v) is 2.13. The Labute approximate surface area is 127 Å². The van der Waals surface area contributed by atoms with E-state index in [1.807, 2.05) is 12.1 Å². The van der Waals surface area contributed by atoms with E-state index < -0.39 is 0 Å². The third kappa shape index (κ3) is 2.48. The number of hydrogen-bond acceptors (Lipinski definition) is 7. The molecule has 0 amide bonds. The Morgan fingerprint density at radius 1 is 1.41 bits per heavy atom. The summed E-state index contributed by atoms with van der Waals surface area (Å²) in [4.78, 5) is 15.4. The molecule has 0 radical (unpaired) electrons. The molecule has 2 heterocycles. The van der Waals surface area contributed by atoms with Gasteiger partial charge in [0.2, 0.25) is 0 Å². The molecule has 6 N–H and O–H groups in total. The number of nitrogens with two attached hydrogens (primary N) is 2. The third-order valence-corrected chi connectivity index (χ3v) is 3.61. The minimum absolute atomic E-state index is 0.277. The molecular weight excluding hydrogens is 282 g/mol. The minimum Gasteiger partial charge on any atom is -0.463 e. The van der Waals surface area contributed by atoms with E-state index in [4.69, 9.17) is 15.9 Å². The molecule has 114 valence electrons. The van der Waals surface area contributed by atoms with Gasteiger partial charge in [-0.1, -0.05) is 0 Å². The van der Waals surface area contributed by atoms with Gasteiger partial charge in [0.05, 0.1) is 23.2 Å². The molecule has 0 saturated heterocycles.